The van der Waals surface area contributed by atoms with Crippen LogP contribution in [0.2, 0.25) is 0 Å². The standard InChI is InChI=1S/C16H20N2O4S/c1-3-13-6-8-15(9-7-13)23(20,21)18-12(2)16(19)17-11-14-5-4-10-22-14/h4-10,12,18H,3,11H2,1-2H3,(H,17,19)/t12-/m0/s1. The van der Waals surface area contributed by atoms with Gasteiger partial charge in [0.05, 0.1) is 23.7 Å². The Morgan fingerprint density at radius 1 is 1.22 bits per heavy atom. The van der Waals surface area contributed by atoms with Gasteiger partial charge in [-0.2, -0.15) is 4.72 Å². The molecule has 7 heteroatoms. The number of sulfonamides is 1. The maximum atomic E-state index is 12.3. The second kappa shape index (κ2) is 7.43. The van der Waals surface area contributed by atoms with Gasteiger partial charge in [-0.1, -0.05) is 19.1 Å². The molecule has 0 aliphatic carbocycles. The molecule has 0 unspecified atom stereocenters. The highest BCUT2D eigenvalue weighted by Gasteiger charge is 2.21. The first-order valence-electron chi connectivity index (χ1n) is 7.33. The number of carbonyl (C=O) groups excluding carboxylic acids is 1. The first-order valence-corrected chi connectivity index (χ1v) is 8.82. The molecule has 0 aliphatic rings. The molecule has 2 aromatic rings. The van der Waals surface area contributed by atoms with Crippen LogP contribution in [0.25, 0.3) is 0 Å². The summed E-state index contributed by atoms with van der Waals surface area (Å²) in [5.74, 6) is 0.179. The molecule has 124 valence electrons. The van der Waals surface area contributed by atoms with Crippen molar-refractivity contribution in [2.75, 3.05) is 0 Å². The van der Waals surface area contributed by atoms with Gasteiger partial charge in [0.2, 0.25) is 15.9 Å². The van der Waals surface area contributed by atoms with Crippen LogP contribution < -0.4 is 10.0 Å². The Labute approximate surface area is 135 Å². The van der Waals surface area contributed by atoms with E-state index in [1.165, 1.54) is 25.3 Å². The van der Waals surface area contributed by atoms with E-state index in [9.17, 15) is 13.2 Å². The average molecular weight is 336 g/mol. The molecular weight excluding hydrogens is 316 g/mol. The van der Waals surface area contributed by atoms with Crippen LogP contribution in [0, 0.1) is 0 Å². The van der Waals surface area contributed by atoms with Crippen LogP contribution in [0.5, 0.6) is 0 Å². The molecule has 0 saturated heterocycles. The Balaban J connectivity index is 1.96. The van der Waals surface area contributed by atoms with Crippen LogP contribution in [0.1, 0.15) is 25.2 Å². The van der Waals surface area contributed by atoms with Gasteiger partial charge >= 0.3 is 0 Å². The Kier molecular flexibility index (Phi) is 5.57. The number of aryl methyl sites for hydroxylation is 1. The van der Waals surface area contributed by atoms with Crippen molar-refractivity contribution < 1.29 is 17.6 Å². The van der Waals surface area contributed by atoms with E-state index in [-0.39, 0.29) is 11.4 Å². The van der Waals surface area contributed by atoms with Gasteiger partial charge in [0.25, 0.3) is 0 Å². The van der Waals surface area contributed by atoms with E-state index in [2.05, 4.69) is 10.0 Å². The molecule has 1 heterocycles. The van der Waals surface area contributed by atoms with Crippen LogP contribution in [0.15, 0.2) is 52.0 Å². The molecule has 1 aromatic carbocycles. The minimum atomic E-state index is -3.74. The van der Waals surface area contributed by atoms with Crippen LogP contribution in [-0.4, -0.2) is 20.4 Å². The molecule has 6 nitrogen and oxygen atoms in total. The highest BCUT2D eigenvalue weighted by Crippen LogP contribution is 2.11. The number of hydrogen-bond donors (Lipinski definition) is 2. The van der Waals surface area contributed by atoms with Crippen LogP contribution in [-0.2, 0) is 27.8 Å². The predicted molar refractivity (Wildman–Crippen MR) is 86.2 cm³/mol. The van der Waals surface area contributed by atoms with Gasteiger partial charge in [-0.05, 0) is 43.2 Å². The number of hydrogen-bond acceptors (Lipinski definition) is 4. The van der Waals surface area contributed by atoms with Crippen LogP contribution >= 0.6 is 0 Å². The van der Waals surface area contributed by atoms with Crippen molar-refractivity contribution in [1.82, 2.24) is 10.0 Å². The maximum Gasteiger partial charge on any atom is 0.241 e. The molecule has 0 radical (unpaired) electrons. The SMILES string of the molecule is CCc1ccc(S(=O)(=O)N[C@@H](C)C(=O)NCc2ccco2)cc1. The quantitative estimate of drug-likeness (QED) is 0.807. The molecule has 0 bridgehead atoms. The van der Waals surface area contributed by atoms with Gasteiger partial charge < -0.3 is 9.73 Å². The summed E-state index contributed by atoms with van der Waals surface area (Å²) >= 11 is 0. The largest absolute Gasteiger partial charge is 0.467 e. The zero-order valence-corrected chi connectivity index (χ0v) is 13.9. The minimum absolute atomic E-state index is 0.139. The molecule has 1 amide bonds. The Bertz CT molecular complexity index is 737. The molecule has 2 rings (SSSR count). The van der Waals surface area contributed by atoms with E-state index in [0.717, 1.165) is 12.0 Å². The summed E-state index contributed by atoms with van der Waals surface area (Å²) in [4.78, 5) is 12.1. The number of amides is 1. The van der Waals surface area contributed by atoms with Crippen molar-refractivity contribution in [2.24, 2.45) is 0 Å². The fourth-order valence-electron chi connectivity index (χ4n) is 2.00. The third-order valence-electron chi connectivity index (χ3n) is 3.38. The maximum absolute atomic E-state index is 12.3. The Morgan fingerprint density at radius 3 is 2.48 bits per heavy atom. The van der Waals surface area contributed by atoms with Gasteiger partial charge in [0.1, 0.15) is 5.76 Å². The summed E-state index contributed by atoms with van der Waals surface area (Å²) < 4.78 is 32.0. The first kappa shape index (κ1) is 17.2. The summed E-state index contributed by atoms with van der Waals surface area (Å²) in [6.45, 7) is 3.70. The van der Waals surface area contributed by atoms with Gasteiger partial charge in [0, 0.05) is 0 Å². The lowest BCUT2D eigenvalue weighted by atomic mass is 10.2. The fraction of sp³-hybridized carbons (Fsp3) is 0.312. The summed E-state index contributed by atoms with van der Waals surface area (Å²) in [6, 6.07) is 9.15. The molecular formula is C16H20N2O4S. The van der Waals surface area contributed by atoms with Crippen molar-refractivity contribution >= 4 is 15.9 Å². The molecule has 1 aromatic heterocycles. The highest BCUT2D eigenvalue weighted by molar-refractivity contribution is 7.89. The fourth-order valence-corrected chi connectivity index (χ4v) is 3.20. The molecule has 0 saturated carbocycles. The van der Waals surface area contributed by atoms with Crippen LogP contribution in [0.3, 0.4) is 0 Å². The smallest absolute Gasteiger partial charge is 0.241 e. The second-order valence-electron chi connectivity index (χ2n) is 5.14. The van der Waals surface area contributed by atoms with E-state index in [1.807, 2.05) is 6.92 Å². The number of benzene rings is 1. The van der Waals surface area contributed by atoms with Crippen molar-refractivity contribution in [3.63, 3.8) is 0 Å². The normalized spacial score (nSPS) is 12.8. The van der Waals surface area contributed by atoms with Crippen molar-refractivity contribution in [2.45, 2.75) is 37.8 Å². The summed E-state index contributed by atoms with van der Waals surface area (Å²) in [5.41, 5.74) is 1.05. The van der Waals surface area contributed by atoms with E-state index in [1.54, 1.807) is 24.3 Å². The Morgan fingerprint density at radius 2 is 1.91 bits per heavy atom. The number of carbonyl (C=O) groups is 1. The van der Waals surface area contributed by atoms with E-state index in [4.69, 9.17) is 4.42 Å². The van der Waals surface area contributed by atoms with E-state index < -0.39 is 22.0 Å². The highest BCUT2D eigenvalue weighted by atomic mass is 32.2. The summed E-state index contributed by atoms with van der Waals surface area (Å²) in [7, 11) is -3.74. The van der Waals surface area contributed by atoms with Gasteiger partial charge in [-0.3, -0.25) is 4.79 Å². The summed E-state index contributed by atoms with van der Waals surface area (Å²) in [5, 5.41) is 2.62. The monoisotopic (exact) mass is 336 g/mol. The lowest BCUT2D eigenvalue weighted by molar-refractivity contribution is -0.122. The molecule has 0 fully saturated rings. The van der Waals surface area contributed by atoms with Crippen molar-refractivity contribution in [3.8, 4) is 0 Å². The topological polar surface area (TPSA) is 88.4 Å². The number of nitrogens with one attached hydrogen (secondary N) is 2. The second-order valence-corrected chi connectivity index (χ2v) is 6.85. The molecule has 1 atom stereocenters. The lowest BCUT2D eigenvalue weighted by Gasteiger charge is -2.14. The summed E-state index contributed by atoms with van der Waals surface area (Å²) in [6.07, 6.45) is 2.34. The molecule has 0 aliphatic heterocycles. The van der Waals surface area contributed by atoms with Gasteiger partial charge in [-0.25, -0.2) is 8.42 Å². The van der Waals surface area contributed by atoms with Gasteiger partial charge in [0.15, 0.2) is 0 Å². The molecule has 0 spiro atoms. The van der Waals surface area contributed by atoms with Crippen molar-refractivity contribution in [1.29, 1.82) is 0 Å². The zero-order valence-electron chi connectivity index (χ0n) is 13.1. The molecule has 23 heavy (non-hydrogen) atoms. The first-order chi connectivity index (χ1) is 10.9. The predicted octanol–water partition coefficient (Wildman–Crippen LogP) is 1.83. The van der Waals surface area contributed by atoms with E-state index >= 15 is 0 Å². The number of rotatable bonds is 7. The van der Waals surface area contributed by atoms with Crippen LogP contribution in [0.4, 0.5) is 0 Å². The zero-order chi connectivity index (χ0) is 16.9. The number of furan rings is 1. The van der Waals surface area contributed by atoms with Gasteiger partial charge in [-0.15, -0.1) is 0 Å². The van der Waals surface area contributed by atoms with Crippen molar-refractivity contribution in [3.05, 3.63) is 54.0 Å². The average Bonchev–Trinajstić information content (AvgIpc) is 3.05. The minimum Gasteiger partial charge on any atom is -0.467 e. The molecule has 2 N–H and O–H groups in total. The third kappa shape index (κ3) is 4.67. The lowest BCUT2D eigenvalue weighted by Crippen LogP contribution is -2.44. The van der Waals surface area contributed by atoms with E-state index in [0.29, 0.717) is 5.76 Å². The Hall–Kier alpha value is -2.12. The third-order valence-corrected chi connectivity index (χ3v) is 4.94.